The molecule has 3 aromatic rings. The summed E-state index contributed by atoms with van der Waals surface area (Å²) in [5.74, 6) is -0.131. The summed E-state index contributed by atoms with van der Waals surface area (Å²) in [7, 11) is 2.80. The van der Waals surface area contributed by atoms with E-state index in [1.807, 2.05) is 30.3 Å². The summed E-state index contributed by atoms with van der Waals surface area (Å²) in [6.45, 7) is 0.331. The molecule has 1 N–H and O–H groups in total. The highest BCUT2D eigenvalue weighted by Gasteiger charge is 2.15. The van der Waals surface area contributed by atoms with E-state index >= 15 is 0 Å². The second-order valence-corrected chi connectivity index (χ2v) is 8.91. The zero-order valence-corrected chi connectivity index (χ0v) is 22.0. The minimum Gasteiger partial charge on any atom is -0.493 e. The third-order valence-electron chi connectivity index (χ3n) is 4.79. The molecule has 3 rings (SSSR count). The van der Waals surface area contributed by atoms with Crippen LogP contribution in [-0.2, 0) is 16.1 Å². The number of hydrogen-bond donors (Lipinski definition) is 1. The van der Waals surface area contributed by atoms with Crippen molar-refractivity contribution in [1.82, 2.24) is 0 Å². The van der Waals surface area contributed by atoms with Gasteiger partial charge in [-0.15, -0.1) is 0 Å². The number of ether oxygens (including phenoxy) is 3. The zero-order valence-electron chi connectivity index (χ0n) is 18.8. The third-order valence-corrected chi connectivity index (χ3v) is 5.91. The number of carbonyl (C=O) groups is 2. The van der Waals surface area contributed by atoms with Crippen molar-refractivity contribution in [2.45, 2.75) is 6.61 Å². The predicted octanol–water partition coefficient (Wildman–Crippen LogP) is 6.13. The van der Waals surface area contributed by atoms with Crippen molar-refractivity contribution in [2.24, 2.45) is 0 Å². The van der Waals surface area contributed by atoms with Crippen LogP contribution in [0.15, 0.2) is 75.2 Å². The maximum atomic E-state index is 12.6. The Morgan fingerprint density at radius 2 is 1.71 bits per heavy atom. The van der Waals surface area contributed by atoms with E-state index in [-0.39, 0.29) is 5.57 Å². The lowest BCUT2D eigenvalue weighted by atomic mass is 10.1. The Kier molecular flexibility index (Phi) is 9.06. The SMILES string of the molecule is COC(=O)c1ccc(NC(=O)/C(C#N)=C/c2cc(Br)c(OCc3ccc(Br)cc3)c(OC)c2)cc1. The molecule has 0 aliphatic carbocycles. The van der Waals surface area contributed by atoms with E-state index in [9.17, 15) is 14.9 Å². The van der Waals surface area contributed by atoms with E-state index in [1.165, 1.54) is 32.4 Å². The quantitative estimate of drug-likeness (QED) is 0.190. The fraction of sp³-hybridized carbons (Fsp3) is 0.115. The molecule has 0 heterocycles. The van der Waals surface area contributed by atoms with E-state index in [4.69, 9.17) is 9.47 Å². The van der Waals surface area contributed by atoms with Crippen LogP contribution in [0.5, 0.6) is 11.5 Å². The van der Waals surface area contributed by atoms with Crippen LogP contribution in [-0.4, -0.2) is 26.1 Å². The fourth-order valence-corrected chi connectivity index (χ4v) is 3.86. The Labute approximate surface area is 219 Å². The van der Waals surface area contributed by atoms with Crippen molar-refractivity contribution in [3.8, 4) is 17.6 Å². The molecule has 0 spiro atoms. The summed E-state index contributed by atoms with van der Waals surface area (Å²) in [5.41, 5.74) is 2.21. The van der Waals surface area contributed by atoms with Gasteiger partial charge in [0.2, 0.25) is 0 Å². The molecule has 0 bridgehead atoms. The smallest absolute Gasteiger partial charge is 0.337 e. The molecule has 0 saturated heterocycles. The number of nitrogens with zero attached hydrogens (tertiary/aromatic N) is 1. The highest BCUT2D eigenvalue weighted by Crippen LogP contribution is 2.38. The summed E-state index contributed by atoms with van der Waals surface area (Å²) < 4.78 is 17.7. The standard InChI is InChI=1S/C26H20Br2N2O5/c1-33-23-13-17(12-22(28)24(23)35-15-16-3-7-20(27)8-4-16)11-19(14-29)25(31)30-21-9-5-18(6-10-21)26(32)34-2/h3-13H,15H2,1-2H3,(H,30,31)/b19-11+. The predicted molar refractivity (Wildman–Crippen MR) is 139 cm³/mol. The number of carbonyl (C=O) groups excluding carboxylic acids is 2. The maximum absolute atomic E-state index is 12.6. The molecule has 0 aliphatic heterocycles. The number of rotatable bonds is 8. The summed E-state index contributed by atoms with van der Waals surface area (Å²) >= 11 is 6.89. The monoisotopic (exact) mass is 598 g/mol. The lowest BCUT2D eigenvalue weighted by Crippen LogP contribution is -2.13. The minimum atomic E-state index is -0.594. The minimum absolute atomic E-state index is 0.112. The lowest BCUT2D eigenvalue weighted by molar-refractivity contribution is -0.112. The van der Waals surface area contributed by atoms with Gasteiger partial charge >= 0.3 is 5.97 Å². The molecule has 0 atom stereocenters. The summed E-state index contributed by atoms with van der Waals surface area (Å²) in [4.78, 5) is 24.2. The first-order valence-electron chi connectivity index (χ1n) is 10.2. The van der Waals surface area contributed by atoms with Crippen LogP contribution in [0.4, 0.5) is 5.69 Å². The molecule has 1 amide bonds. The van der Waals surface area contributed by atoms with Gasteiger partial charge in [0.25, 0.3) is 5.91 Å². The molecular weight excluding hydrogens is 580 g/mol. The van der Waals surface area contributed by atoms with Crippen LogP contribution >= 0.6 is 31.9 Å². The first-order chi connectivity index (χ1) is 16.8. The van der Waals surface area contributed by atoms with Gasteiger partial charge in [0.05, 0.1) is 24.3 Å². The Hall–Kier alpha value is -3.61. The molecule has 0 aliphatic rings. The number of methoxy groups -OCH3 is 2. The fourth-order valence-electron chi connectivity index (χ4n) is 3.02. The maximum Gasteiger partial charge on any atom is 0.337 e. The summed E-state index contributed by atoms with van der Waals surface area (Å²) in [6.07, 6.45) is 1.45. The van der Waals surface area contributed by atoms with E-state index in [2.05, 4.69) is 41.9 Å². The zero-order chi connectivity index (χ0) is 25.4. The largest absolute Gasteiger partial charge is 0.493 e. The van der Waals surface area contributed by atoms with Gasteiger partial charge in [0.15, 0.2) is 11.5 Å². The van der Waals surface area contributed by atoms with E-state index in [0.29, 0.717) is 39.4 Å². The van der Waals surface area contributed by atoms with Crippen molar-refractivity contribution in [3.05, 3.63) is 91.9 Å². The molecule has 9 heteroatoms. The van der Waals surface area contributed by atoms with Crippen molar-refractivity contribution in [1.29, 1.82) is 5.26 Å². The Balaban J connectivity index is 1.77. The number of amides is 1. The number of halogens is 2. The molecule has 0 radical (unpaired) electrons. The van der Waals surface area contributed by atoms with Crippen molar-refractivity contribution in [2.75, 3.05) is 19.5 Å². The van der Waals surface area contributed by atoms with Crippen LogP contribution in [0.1, 0.15) is 21.5 Å². The highest BCUT2D eigenvalue weighted by molar-refractivity contribution is 9.10. The van der Waals surface area contributed by atoms with Gasteiger partial charge in [-0.3, -0.25) is 4.79 Å². The van der Waals surface area contributed by atoms with Gasteiger partial charge in [-0.05, 0) is 81.7 Å². The van der Waals surface area contributed by atoms with Gasteiger partial charge in [-0.1, -0.05) is 28.1 Å². The Morgan fingerprint density at radius 1 is 1.03 bits per heavy atom. The van der Waals surface area contributed by atoms with E-state index in [1.54, 1.807) is 24.3 Å². The molecule has 0 unspecified atom stereocenters. The summed E-state index contributed by atoms with van der Waals surface area (Å²) in [5, 5.41) is 12.2. The van der Waals surface area contributed by atoms with Crippen LogP contribution in [0.3, 0.4) is 0 Å². The first kappa shape index (κ1) is 26.0. The number of anilines is 1. The first-order valence-corrected chi connectivity index (χ1v) is 11.8. The average Bonchev–Trinajstić information content (AvgIpc) is 2.87. The second-order valence-electron chi connectivity index (χ2n) is 7.14. The topological polar surface area (TPSA) is 97.7 Å². The number of nitrogens with one attached hydrogen (secondary N) is 1. The van der Waals surface area contributed by atoms with Crippen molar-refractivity contribution >= 4 is 55.5 Å². The molecule has 0 fully saturated rings. The number of hydrogen-bond acceptors (Lipinski definition) is 6. The molecule has 0 saturated carbocycles. The molecule has 3 aromatic carbocycles. The second kappa shape index (κ2) is 12.2. The molecular formula is C26H20Br2N2O5. The van der Waals surface area contributed by atoms with Gasteiger partial charge < -0.3 is 19.5 Å². The van der Waals surface area contributed by atoms with Crippen LogP contribution in [0.25, 0.3) is 6.08 Å². The molecule has 0 aromatic heterocycles. The van der Waals surface area contributed by atoms with Crippen LogP contribution < -0.4 is 14.8 Å². The van der Waals surface area contributed by atoms with E-state index < -0.39 is 11.9 Å². The third kappa shape index (κ3) is 6.94. The molecule has 7 nitrogen and oxygen atoms in total. The van der Waals surface area contributed by atoms with Gasteiger partial charge in [-0.25, -0.2) is 4.79 Å². The average molecular weight is 600 g/mol. The Morgan fingerprint density at radius 3 is 2.31 bits per heavy atom. The number of esters is 1. The highest BCUT2D eigenvalue weighted by atomic mass is 79.9. The Bertz CT molecular complexity index is 1300. The van der Waals surface area contributed by atoms with Crippen molar-refractivity contribution < 1.29 is 23.8 Å². The number of nitriles is 1. The van der Waals surface area contributed by atoms with Crippen molar-refractivity contribution in [3.63, 3.8) is 0 Å². The normalized spacial score (nSPS) is 10.8. The molecule has 35 heavy (non-hydrogen) atoms. The summed E-state index contributed by atoms with van der Waals surface area (Å²) in [6, 6.07) is 19.2. The number of benzene rings is 3. The van der Waals surface area contributed by atoms with E-state index in [0.717, 1.165) is 10.0 Å². The molecule has 178 valence electrons. The van der Waals surface area contributed by atoms with Gasteiger partial charge in [0, 0.05) is 10.2 Å². The van der Waals surface area contributed by atoms with Crippen LogP contribution in [0.2, 0.25) is 0 Å². The lowest BCUT2D eigenvalue weighted by Gasteiger charge is -2.14. The van der Waals surface area contributed by atoms with Crippen LogP contribution in [0, 0.1) is 11.3 Å². The van der Waals surface area contributed by atoms with Gasteiger partial charge in [0.1, 0.15) is 18.2 Å². The van der Waals surface area contributed by atoms with Gasteiger partial charge in [-0.2, -0.15) is 5.26 Å².